The summed E-state index contributed by atoms with van der Waals surface area (Å²) in [6, 6.07) is 0. The smallest absolute Gasteiger partial charge is 0.229 e. The van der Waals surface area contributed by atoms with Crippen LogP contribution in [0.15, 0.2) is 12.2 Å². The molecule has 17 heavy (non-hydrogen) atoms. The molecular weight excluding hydrogens is 234 g/mol. The SMILES string of the molecule is O=C(Nc1nnc(C2CC2)s1)[C@@H]1CC=CCC1. The minimum atomic E-state index is 0.0906. The van der Waals surface area contributed by atoms with Gasteiger partial charge in [0.15, 0.2) is 0 Å². The van der Waals surface area contributed by atoms with E-state index in [1.165, 1.54) is 24.2 Å². The molecular formula is C12H15N3OS. The fourth-order valence-electron chi connectivity index (χ4n) is 2.02. The Morgan fingerprint density at radius 2 is 2.18 bits per heavy atom. The van der Waals surface area contributed by atoms with E-state index in [0.29, 0.717) is 11.0 Å². The predicted molar refractivity (Wildman–Crippen MR) is 67.0 cm³/mol. The Labute approximate surface area is 104 Å². The Balaban J connectivity index is 1.60. The maximum absolute atomic E-state index is 12.0. The Bertz CT molecular complexity index is 450. The molecule has 0 saturated heterocycles. The molecule has 0 aliphatic heterocycles. The third-order valence-electron chi connectivity index (χ3n) is 3.24. The van der Waals surface area contributed by atoms with Crippen molar-refractivity contribution < 1.29 is 4.79 Å². The van der Waals surface area contributed by atoms with E-state index in [-0.39, 0.29) is 11.8 Å². The average molecular weight is 249 g/mol. The number of nitrogens with zero attached hydrogens (tertiary/aromatic N) is 2. The lowest BCUT2D eigenvalue weighted by atomic mass is 9.94. The predicted octanol–water partition coefficient (Wildman–Crippen LogP) is 2.71. The first-order valence-electron chi connectivity index (χ1n) is 6.12. The molecule has 1 heterocycles. The van der Waals surface area contributed by atoms with Crippen LogP contribution < -0.4 is 5.32 Å². The van der Waals surface area contributed by atoms with E-state index in [1.54, 1.807) is 0 Å². The molecule has 1 atom stereocenters. The van der Waals surface area contributed by atoms with E-state index in [2.05, 4.69) is 27.7 Å². The summed E-state index contributed by atoms with van der Waals surface area (Å²) in [6.07, 6.45) is 9.45. The van der Waals surface area contributed by atoms with Crippen molar-refractivity contribution in [3.8, 4) is 0 Å². The van der Waals surface area contributed by atoms with Crippen LogP contribution in [-0.4, -0.2) is 16.1 Å². The topological polar surface area (TPSA) is 54.9 Å². The van der Waals surface area contributed by atoms with Crippen LogP contribution in [-0.2, 0) is 4.79 Å². The third kappa shape index (κ3) is 2.54. The zero-order chi connectivity index (χ0) is 11.7. The number of nitrogens with one attached hydrogen (secondary N) is 1. The largest absolute Gasteiger partial charge is 0.300 e. The van der Waals surface area contributed by atoms with Gasteiger partial charge >= 0.3 is 0 Å². The van der Waals surface area contributed by atoms with E-state index < -0.39 is 0 Å². The van der Waals surface area contributed by atoms with Gasteiger partial charge in [0.1, 0.15) is 5.01 Å². The van der Waals surface area contributed by atoms with Gasteiger partial charge in [0.05, 0.1) is 0 Å². The van der Waals surface area contributed by atoms with Gasteiger partial charge in [0.25, 0.3) is 0 Å². The Morgan fingerprint density at radius 1 is 1.29 bits per heavy atom. The van der Waals surface area contributed by atoms with E-state index in [4.69, 9.17) is 0 Å². The zero-order valence-corrected chi connectivity index (χ0v) is 10.4. The highest BCUT2D eigenvalue weighted by Crippen LogP contribution is 2.42. The van der Waals surface area contributed by atoms with Gasteiger partial charge in [0.2, 0.25) is 11.0 Å². The van der Waals surface area contributed by atoms with Crippen molar-refractivity contribution in [3.63, 3.8) is 0 Å². The van der Waals surface area contributed by atoms with Crippen LogP contribution in [0, 0.1) is 5.92 Å². The molecule has 1 aromatic rings. The lowest BCUT2D eigenvalue weighted by Crippen LogP contribution is -2.23. The summed E-state index contributed by atoms with van der Waals surface area (Å²) in [5, 5.41) is 12.8. The maximum Gasteiger partial charge on any atom is 0.229 e. The quantitative estimate of drug-likeness (QED) is 0.838. The van der Waals surface area contributed by atoms with E-state index in [9.17, 15) is 4.79 Å². The Kier molecular flexibility index (Phi) is 2.93. The van der Waals surface area contributed by atoms with Gasteiger partial charge in [0, 0.05) is 11.8 Å². The first-order valence-corrected chi connectivity index (χ1v) is 6.94. The summed E-state index contributed by atoms with van der Waals surface area (Å²) in [4.78, 5) is 12.0. The minimum Gasteiger partial charge on any atom is -0.300 e. The molecule has 1 saturated carbocycles. The number of anilines is 1. The summed E-state index contributed by atoms with van der Waals surface area (Å²) in [6.45, 7) is 0. The van der Waals surface area contributed by atoms with Crippen molar-refractivity contribution in [3.05, 3.63) is 17.2 Å². The van der Waals surface area contributed by atoms with Crippen molar-refractivity contribution in [2.75, 3.05) is 5.32 Å². The average Bonchev–Trinajstić information content (AvgIpc) is 3.12. The molecule has 1 amide bonds. The monoisotopic (exact) mass is 249 g/mol. The molecule has 2 aliphatic rings. The molecule has 4 nitrogen and oxygen atoms in total. The summed E-state index contributed by atoms with van der Waals surface area (Å²) >= 11 is 1.52. The summed E-state index contributed by atoms with van der Waals surface area (Å²) in [5.74, 6) is 0.803. The number of allylic oxidation sites excluding steroid dienone is 2. The number of hydrogen-bond donors (Lipinski definition) is 1. The third-order valence-corrected chi connectivity index (χ3v) is 4.24. The minimum absolute atomic E-state index is 0.0906. The number of carbonyl (C=O) groups is 1. The van der Waals surface area contributed by atoms with Gasteiger partial charge in [-0.2, -0.15) is 0 Å². The van der Waals surface area contributed by atoms with E-state index >= 15 is 0 Å². The molecule has 1 aromatic heterocycles. The first kappa shape index (κ1) is 10.9. The van der Waals surface area contributed by atoms with Crippen molar-refractivity contribution in [1.29, 1.82) is 0 Å². The van der Waals surface area contributed by atoms with Crippen LogP contribution in [0.5, 0.6) is 0 Å². The van der Waals surface area contributed by atoms with Crippen LogP contribution in [0.1, 0.15) is 43.0 Å². The highest BCUT2D eigenvalue weighted by atomic mass is 32.1. The lowest BCUT2D eigenvalue weighted by molar-refractivity contribution is -0.120. The number of amides is 1. The van der Waals surface area contributed by atoms with Crippen LogP contribution in [0.25, 0.3) is 0 Å². The fourth-order valence-corrected chi connectivity index (χ4v) is 2.93. The highest BCUT2D eigenvalue weighted by molar-refractivity contribution is 7.15. The molecule has 2 aliphatic carbocycles. The second-order valence-electron chi connectivity index (χ2n) is 4.69. The zero-order valence-electron chi connectivity index (χ0n) is 9.56. The van der Waals surface area contributed by atoms with Gasteiger partial charge in [-0.25, -0.2) is 0 Å². The van der Waals surface area contributed by atoms with Crippen molar-refractivity contribution in [1.82, 2.24) is 10.2 Å². The van der Waals surface area contributed by atoms with Gasteiger partial charge in [-0.05, 0) is 32.1 Å². The molecule has 1 fully saturated rings. The number of rotatable bonds is 3. The number of hydrogen-bond acceptors (Lipinski definition) is 4. The van der Waals surface area contributed by atoms with Crippen LogP contribution >= 0.6 is 11.3 Å². The second-order valence-corrected chi connectivity index (χ2v) is 5.70. The van der Waals surface area contributed by atoms with Crippen molar-refractivity contribution in [2.45, 2.75) is 38.0 Å². The van der Waals surface area contributed by atoms with Gasteiger partial charge < -0.3 is 5.32 Å². The van der Waals surface area contributed by atoms with Gasteiger partial charge in [-0.3, -0.25) is 4.79 Å². The summed E-state index contributed by atoms with van der Waals surface area (Å²) in [5.41, 5.74) is 0. The van der Waals surface area contributed by atoms with Gasteiger partial charge in [-0.1, -0.05) is 23.5 Å². The second kappa shape index (κ2) is 4.56. The maximum atomic E-state index is 12.0. The Hall–Kier alpha value is -1.23. The molecule has 0 aromatic carbocycles. The normalized spacial score (nSPS) is 23.6. The van der Waals surface area contributed by atoms with Crippen molar-refractivity contribution in [2.24, 2.45) is 5.92 Å². The molecule has 0 bridgehead atoms. The molecule has 1 N–H and O–H groups in total. The Morgan fingerprint density at radius 3 is 2.88 bits per heavy atom. The van der Waals surface area contributed by atoms with Crippen molar-refractivity contribution >= 4 is 22.4 Å². The first-order chi connectivity index (χ1) is 8.33. The standard InChI is InChI=1S/C12H15N3OS/c16-10(8-4-2-1-3-5-8)13-12-15-14-11(17-12)9-6-7-9/h1-2,8-9H,3-7H2,(H,13,15,16)/t8-/m1/s1. The molecule has 90 valence electrons. The molecule has 3 rings (SSSR count). The summed E-state index contributed by atoms with van der Waals surface area (Å²) < 4.78 is 0. The van der Waals surface area contributed by atoms with Crippen LogP contribution in [0.3, 0.4) is 0 Å². The number of aromatic nitrogens is 2. The van der Waals surface area contributed by atoms with Crippen LogP contribution in [0.2, 0.25) is 0 Å². The van der Waals surface area contributed by atoms with Crippen LogP contribution in [0.4, 0.5) is 5.13 Å². The van der Waals surface area contributed by atoms with E-state index in [0.717, 1.165) is 24.3 Å². The fraction of sp³-hybridized carbons (Fsp3) is 0.583. The molecule has 0 radical (unpaired) electrons. The molecule has 0 spiro atoms. The molecule has 0 unspecified atom stereocenters. The summed E-state index contributed by atoms with van der Waals surface area (Å²) in [7, 11) is 0. The lowest BCUT2D eigenvalue weighted by Gasteiger charge is -2.15. The van der Waals surface area contributed by atoms with Gasteiger partial charge in [-0.15, -0.1) is 10.2 Å². The highest BCUT2D eigenvalue weighted by Gasteiger charge is 2.28. The van der Waals surface area contributed by atoms with E-state index in [1.807, 2.05) is 0 Å². The number of carbonyl (C=O) groups excluding carboxylic acids is 1. The molecule has 5 heteroatoms.